The van der Waals surface area contributed by atoms with E-state index in [1.54, 1.807) is 30.3 Å². The van der Waals surface area contributed by atoms with Crippen molar-refractivity contribution in [3.63, 3.8) is 0 Å². The largest absolute Gasteiger partial charge is 0.507 e. The third kappa shape index (κ3) is 6.47. The number of azo groups is 2. The minimum Gasteiger partial charge on any atom is -0.507 e. The van der Waals surface area contributed by atoms with E-state index in [0.717, 1.165) is 24.3 Å². The smallest absolute Gasteiger partial charge is 0.295 e. The number of aryl methyl sites for hydroxylation is 1. The lowest BCUT2D eigenvalue weighted by Crippen LogP contribution is -2.02. The molecule has 0 spiro atoms. The number of fused-ring (bicyclic) bond motifs is 2. The highest BCUT2D eigenvalue weighted by atomic mass is 32.2. The highest BCUT2D eigenvalue weighted by Gasteiger charge is 2.25. The summed E-state index contributed by atoms with van der Waals surface area (Å²) in [6, 6.07) is 15.3. The molecule has 0 saturated heterocycles. The molecule has 16 nitrogen and oxygen atoms in total. The molecule has 0 saturated carbocycles. The minimum atomic E-state index is -5.00. The van der Waals surface area contributed by atoms with Gasteiger partial charge in [-0.3, -0.25) is 9.11 Å². The fourth-order valence-corrected chi connectivity index (χ4v) is 6.22. The molecule has 0 aliphatic heterocycles. The number of hydrogen-bond donors (Lipinski definition) is 6. The molecule has 5 rings (SSSR count). The van der Waals surface area contributed by atoms with Crippen molar-refractivity contribution in [1.29, 1.82) is 0 Å². The second-order valence-corrected chi connectivity index (χ2v) is 13.0. The third-order valence-corrected chi connectivity index (χ3v) is 9.01. The van der Waals surface area contributed by atoms with E-state index < -0.39 is 41.5 Å². The van der Waals surface area contributed by atoms with Crippen molar-refractivity contribution in [1.82, 2.24) is 0 Å². The number of rotatable bonds is 9. The Hall–Kier alpha value is -4.73. The molecule has 0 fully saturated rings. The summed E-state index contributed by atoms with van der Waals surface area (Å²) >= 11 is 0.338. The molecule has 0 bridgehead atoms. The number of hydrogen-bond acceptors (Lipinski definition) is 15. The molecule has 7 N–H and O–H groups in total. The van der Waals surface area contributed by atoms with Gasteiger partial charge in [0.05, 0.1) is 44.3 Å². The zero-order chi connectivity index (χ0) is 33.4. The van der Waals surface area contributed by atoms with Crippen LogP contribution in [0.3, 0.4) is 0 Å². The molecule has 238 valence electrons. The number of anilines is 1. The minimum absolute atomic E-state index is 0.100. The maximum atomic E-state index is 12.5. The second kappa shape index (κ2) is 12.6. The molecule has 0 aliphatic rings. The number of aromatic hydroxyl groups is 2. The molecule has 46 heavy (non-hydrogen) atoms. The van der Waals surface area contributed by atoms with Gasteiger partial charge in [0.1, 0.15) is 22.0 Å². The van der Waals surface area contributed by atoms with Crippen molar-refractivity contribution in [2.24, 2.45) is 20.5 Å². The van der Waals surface area contributed by atoms with Gasteiger partial charge in [-0.05, 0) is 60.3 Å². The highest BCUT2D eigenvalue weighted by Crippen LogP contribution is 2.50. The van der Waals surface area contributed by atoms with Crippen LogP contribution in [0.4, 0.5) is 28.4 Å². The third-order valence-electron chi connectivity index (χ3n) is 6.66. The molecule has 0 amide bonds. The average Bonchev–Trinajstić information content (AvgIpc) is 2.99. The number of phenolic OH excluding ortho intramolecular Hbond substituents is 2. The van der Waals surface area contributed by atoms with Gasteiger partial charge in [0.2, 0.25) is 0 Å². The summed E-state index contributed by atoms with van der Waals surface area (Å²) in [5.41, 5.74) is 6.29. The zero-order valence-electron chi connectivity index (χ0n) is 23.1. The van der Waals surface area contributed by atoms with Gasteiger partial charge in [-0.1, -0.05) is 23.2 Å². The Morgan fingerprint density at radius 2 is 1.48 bits per heavy atom. The zero-order valence-corrected chi connectivity index (χ0v) is 25.6. The fourth-order valence-electron chi connectivity index (χ4n) is 4.51. The number of benzene rings is 5. The number of phenols is 2. The normalized spacial score (nSPS) is 12.6. The van der Waals surface area contributed by atoms with Crippen LogP contribution in [-0.2, 0) is 29.6 Å². The van der Waals surface area contributed by atoms with Gasteiger partial charge in [0.25, 0.3) is 20.2 Å². The Labute approximate surface area is 264 Å². The first-order valence-corrected chi connectivity index (χ1v) is 16.2. The van der Waals surface area contributed by atoms with Crippen molar-refractivity contribution in [2.75, 3.05) is 5.73 Å². The van der Waals surface area contributed by atoms with Crippen molar-refractivity contribution in [2.45, 2.75) is 21.6 Å². The van der Waals surface area contributed by atoms with E-state index >= 15 is 0 Å². The lowest BCUT2D eigenvalue weighted by atomic mass is 10.0. The van der Waals surface area contributed by atoms with Crippen LogP contribution in [0, 0.1) is 6.92 Å². The topological polar surface area (TPSA) is 263 Å². The van der Waals surface area contributed by atoms with Crippen LogP contribution in [0.1, 0.15) is 5.56 Å². The first-order chi connectivity index (χ1) is 21.7. The van der Waals surface area contributed by atoms with Crippen molar-refractivity contribution in [3.8, 4) is 11.5 Å². The van der Waals surface area contributed by atoms with Gasteiger partial charge < -0.3 is 15.9 Å². The molecule has 0 aromatic heterocycles. The molecule has 5 aromatic rings. The average molecular weight is 688 g/mol. The predicted octanol–water partition coefficient (Wildman–Crippen LogP) is 7.05. The Kier molecular flexibility index (Phi) is 8.93. The van der Waals surface area contributed by atoms with Gasteiger partial charge in [0.15, 0.2) is 5.75 Å². The Morgan fingerprint density at radius 1 is 0.783 bits per heavy atom. The van der Waals surface area contributed by atoms with E-state index in [9.17, 15) is 36.2 Å². The van der Waals surface area contributed by atoms with Gasteiger partial charge >= 0.3 is 0 Å². The van der Waals surface area contributed by atoms with Crippen molar-refractivity contribution in [3.05, 3.63) is 72.3 Å². The number of nitrogens with two attached hydrogens (primary N) is 1. The Balaban J connectivity index is 1.72. The van der Waals surface area contributed by atoms with Gasteiger partial charge in [0, 0.05) is 16.8 Å². The molecule has 0 atom stereocenters. The van der Waals surface area contributed by atoms with Gasteiger partial charge in [-0.25, -0.2) is 5.26 Å². The Bertz CT molecular complexity index is 2300. The van der Waals surface area contributed by atoms with Crippen LogP contribution in [-0.4, -0.2) is 41.4 Å². The highest BCUT2D eigenvalue weighted by molar-refractivity contribution is 7.94. The summed E-state index contributed by atoms with van der Waals surface area (Å²) in [7, 11) is -9.66. The molecule has 19 heteroatoms. The van der Waals surface area contributed by atoms with Crippen LogP contribution in [0.2, 0.25) is 0 Å². The fraction of sp³-hybridized carbons (Fsp3) is 0.0370. The standard InChI is InChI=1S/C27H21N5O11S3/c1-13-17-9-15(45(36,37)38)10-21(33)16(17)7-8-19(13)30-31-20-12-23(46(39,40)41)18-11-22(44-43-42-35)26(27(34)24(18)25(20)28)32-29-14-5-3-2-4-6-14/h2-12,33-35H,28H2,1H3,(H,36,37,38)(H,39,40,41). The first-order valence-electron chi connectivity index (χ1n) is 12.6. The number of nitrogens with zero attached hydrogens (tertiary/aromatic N) is 4. The monoisotopic (exact) mass is 687 g/mol. The molecule has 0 radical (unpaired) electrons. The summed E-state index contributed by atoms with van der Waals surface area (Å²) in [5.74, 6) is -1.12. The van der Waals surface area contributed by atoms with Crippen LogP contribution in [0.5, 0.6) is 11.5 Å². The Morgan fingerprint density at radius 3 is 2.13 bits per heavy atom. The first kappa shape index (κ1) is 32.7. The molecule has 0 unspecified atom stereocenters. The van der Waals surface area contributed by atoms with E-state index in [0.29, 0.717) is 23.3 Å². The van der Waals surface area contributed by atoms with Crippen LogP contribution in [0.25, 0.3) is 21.5 Å². The maximum Gasteiger partial charge on any atom is 0.295 e. The quantitative estimate of drug-likeness (QED) is 0.0227. The predicted molar refractivity (Wildman–Crippen MR) is 165 cm³/mol. The van der Waals surface area contributed by atoms with E-state index in [1.807, 2.05) is 0 Å². The van der Waals surface area contributed by atoms with E-state index in [1.165, 1.54) is 19.1 Å². The van der Waals surface area contributed by atoms with E-state index in [-0.39, 0.29) is 49.2 Å². The van der Waals surface area contributed by atoms with E-state index in [2.05, 4.69) is 29.8 Å². The molecule has 5 aromatic carbocycles. The molecular formula is C27H21N5O11S3. The van der Waals surface area contributed by atoms with Crippen molar-refractivity contribution < 1.29 is 50.8 Å². The van der Waals surface area contributed by atoms with Crippen molar-refractivity contribution >= 4 is 82.3 Å². The maximum absolute atomic E-state index is 12.5. The summed E-state index contributed by atoms with van der Waals surface area (Å²) in [4.78, 5) is -1.40. The van der Waals surface area contributed by atoms with Gasteiger partial charge in [-0.2, -0.15) is 27.1 Å². The summed E-state index contributed by atoms with van der Waals surface area (Å²) in [5, 5.41) is 50.0. The summed E-state index contributed by atoms with van der Waals surface area (Å²) in [6.07, 6.45) is 0. The molecule has 0 aliphatic carbocycles. The number of nitrogen functional groups attached to an aromatic ring is 1. The lowest BCUT2D eigenvalue weighted by Gasteiger charge is -2.14. The van der Waals surface area contributed by atoms with Crippen LogP contribution < -0.4 is 5.73 Å². The van der Waals surface area contributed by atoms with Gasteiger partial charge in [-0.15, -0.1) is 14.6 Å². The summed E-state index contributed by atoms with van der Waals surface area (Å²) < 4.78 is 72.4. The lowest BCUT2D eigenvalue weighted by molar-refractivity contribution is -0.432. The van der Waals surface area contributed by atoms with Crippen LogP contribution in [0.15, 0.2) is 102 Å². The SMILES string of the molecule is Cc1c(N=Nc2cc(S(=O)(=O)O)c3cc(SOOO)c(N=Nc4ccccc4)c(O)c3c2N)ccc2c(O)cc(S(=O)(=O)O)cc12. The van der Waals surface area contributed by atoms with Crippen LogP contribution >= 0.6 is 12.0 Å². The molecule has 0 heterocycles. The molecular weight excluding hydrogens is 667 g/mol. The van der Waals surface area contributed by atoms with E-state index in [4.69, 9.17) is 11.0 Å². The second-order valence-electron chi connectivity index (χ2n) is 9.46. The summed E-state index contributed by atoms with van der Waals surface area (Å²) in [6.45, 7) is 1.53.